The van der Waals surface area contributed by atoms with E-state index in [0.717, 1.165) is 36.1 Å². The molecule has 0 spiro atoms. The van der Waals surface area contributed by atoms with Gasteiger partial charge < -0.3 is 4.57 Å². The minimum Gasteiger partial charge on any atom is -0.323 e. The van der Waals surface area contributed by atoms with Crippen LogP contribution in [0.3, 0.4) is 0 Å². The molecular weight excluding hydrogens is 282 g/mol. The van der Waals surface area contributed by atoms with Gasteiger partial charge in [0, 0.05) is 17.9 Å². The van der Waals surface area contributed by atoms with Crippen LogP contribution >= 0.6 is 0 Å². The van der Waals surface area contributed by atoms with Crippen molar-refractivity contribution in [2.45, 2.75) is 50.5 Å². The molecule has 0 saturated heterocycles. The third-order valence-electron chi connectivity index (χ3n) is 5.27. The molecule has 1 aromatic carbocycles. The molecule has 1 aliphatic carbocycles. The summed E-state index contributed by atoms with van der Waals surface area (Å²) < 4.78 is 31.6. The summed E-state index contributed by atoms with van der Waals surface area (Å²) in [6.07, 6.45) is 7.67. The first-order valence-corrected chi connectivity index (χ1v) is 8.16. The van der Waals surface area contributed by atoms with Crippen LogP contribution in [0.2, 0.25) is 0 Å². The minimum atomic E-state index is -2.61. The number of halogens is 2. The zero-order valence-electron chi connectivity index (χ0n) is 12.5. The van der Waals surface area contributed by atoms with Crippen molar-refractivity contribution in [2.24, 2.45) is 5.92 Å². The quantitative estimate of drug-likeness (QED) is 0.775. The van der Waals surface area contributed by atoms with Gasteiger partial charge in [-0.3, -0.25) is 0 Å². The number of hydrogen-bond acceptors (Lipinski definition) is 1. The maximum atomic E-state index is 14.8. The van der Waals surface area contributed by atoms with Crippen molar-refractivity contribution in [3.05, 3.63) is 42.4 Å². The van der Waals surface area contributed by atoms with E-state index in [-0.39, 0.29) is 12.5 Å². The smallest absolute Gasteiger partial charge is 0.253 e. The van der Waals surface area contributed by atoms with Crippen LogP contribution in [0, 0.1) is 5.92 Å². The molecule has 0 N–H and O–H groups in total. The predicted octanol–water partition coefficient (Wildman–Crippen LogP) is 5.06. The number of aromatic nitrogens is 2. The summed E-state index contributed by atoms with van der Waals surface area (Å²) in [6, 6.07) is 7.58. The van der Waals surface area contributed by atoms with Crippen molar-refractivity contribution in [3.8, 4) is 11.3 Å². The molecule has 1 saturated carbocycles. The van der Waals surface area contributed by atoms with E-state index in [2.05, 4.69) is 4.98 Å². The highest BCUT2D eigenvalue weighted by molar-refractivity contribution is 5.68. The van der Waals surface area contributed by atoms with E-state index in [0.29, 0.717) is 12.8 Å². The van der Waals surface area contributed by atoms with Gasteiger partial charge in [0.25, 0.3) is 5.92 Å². The maximum Gasteiger partial charge on any atom is 0.253 e. The molecule has 1 aromatic heterocycles. The fourth-order valence-corrected chi connectivity index (χ4v) is 4.09. The van der Waals surface area contributed by atoms with Crippen molar-refractivity contribution >= 4 is 0 Å². The standard InChI is InChI=1S/C18H20F2N2/c19-18(20,13-6-2-1-3-7-13)10-16-14-8-4-5-9-15(14)17-11-21-12-22(16)17/h4-5,8-9,11-13,16H,1-3,6-7,10H2. The van der Waals surface area contributed by atoms with Crippen LogP contribution in [0.4, 0.5) is 8.78 Å². The summed E-state index contributed by atoms with van der Waals surface area (Å²) >= 11 is 0. The van der Waals surface area contributed by atoms with E-state index in [4.69, 9.17) is 0 Å². The van der Waals surface area contributed by atoms with Gasteiger partial charge in [0.2, 0.25) is 0 Å². The van der Waals surface area contributed by atoms with Gasteiger partial charge in [-0.05, 0) is 18.4 Å². The average Bonchev–Trinajstić information content (AvgIpc) is 3.12. The van der Waals surface area contributed by atoms with E-state index < -0.39 is 11.8 Å². The number of rotatable bonds is 3. The molecule has 1 aliphatic heterocycles. The molecule has 1 atom stereocenters. The molecule has 4 heteroatoms. The van der Waals surface area contributed by atoms with E-state index in [1.165, 1.54) is 0 Å². The topological polar surface area (TPSA) is 17.8 Å². The predicted molar refractivity (Wildman–Crippen MR) is 81.9 cm³/mol. The fraction of sp³-hybridized carbons (Fsp3) is 0.500. The summed E-state index contributed by atoms with van der Waals surface area (Å²) in [5.41, 5.74) is 3.01. The van der Waals surface area contributed by atoms with Gasteiger partial charge in [-0.1, -0.05) is 43.5 Å². The Morgan fingerprint density at radius 1 is 1.14 bits per heavy atom. The maximum absolute atomic E-state index is 14.8. The summed E-state index contributed by atoms with van der Waals surface area (Å²) in [5.74, 6) is -3.06. The summed E-state index contributed by atoms with van der Waals surface area (Å²) in [6.45, 7) is 0. The molecule has 2 aromatic rings. The second-order valence-electron chi connectivity index (χ2n) is 6.59. The molecular formula is C18H20F2N2. The second-order valence-corrected chi connectivity index (χ2v) is 6.59. The third kappa shape index (κ3) is 2.16. The number of nitrogens with zero attached hydrogens (tertiary/aromatic N) is 2. The summed E-state index contributed by atoms with van der Waals surface area (Å²) in [4.78, 5) is 4.15. The first-order chi connectivity index (χ1) is 10.7. The van der Waals surface area contributed by atoms with Crippen molar-refractivity contribution in [1.29, 1.82) is 0 Å². The Labute approximate surface area is 129 Å². The van der Waals surface area contributed by atoms with Crippen LogP contribution in [0.25, 0.3) is 11.3 Å². The molecule has 1 unspecified atom stereocenters. The second kappa shape index (κ2) is 5.18. The van der Waals surface area contributed by atoms with Crippen LogP contribution < -0.4 is 0 Å². The lowest BCUT2D eigenvalue weighted by atomic mass is 9.81. The Morgan fingerprint density at radius 3 is 2.73 bits per heavy atom. The largest absolute Gasteiger partial charge is 0.323 e. The summed E-state index contributed by atoms with van der Waals surface area (Å²) in [5, 5.41) is 0. The minimum absolute atomic E-state index is 0.113. The van der Waals surface area contributed by atoms with Crippen molar-refractivity contribution < 1.29 is 8.78 Å². The molecule has 1 fully saturated rings. The molecule has 4 rings (SSSR count). The van der Waals surface area contributed by atoms with Gasteiger partial charge in [0.05, 0.1) is 24.3 Å². The molecule has 0 radical (unpaired) electrons. The van der Waals surface area contributed by atoms with Gasteiger partial charge in [0.1, 0.15) is 0 Å². The van der Waals surface area contributed by atoms with E-state index >= 15 is 0 Å². The molecule has 2 nitrogen and oxygen atoms in total. The zero-order valence-corrected chi connectivity index (χ0v) is 12.5. The lowest BCUT2D eigenvalue weighted by Crippen LogP contribution is -2.32. The average molecular weight is 302 g/mol. The monoisotopic (exact) mass is 302 g/mol. The molecule has 0 bridgehead atoms. The Kier molecular flexibility index (Phi) is 3.28. The number of benzene rings is 1. The Morgan fingerprint density at radius 2 is 1.91 bits per heavy atom. The van der Waals surface area contributed by atoms with Gasteiger partial charge in [-0.15, -0.1) is 0 Å². The highest BCUT2D eigenvalue weighted by Gasteiger charge is 2.44. The van der Waals surface area contributed by atoms with Crippen LogP contribution in [0.5, 0.6) is 0 Å². The van der Waals surface area contributed by atoms with Crippen LogP contribution in [-0.4, -0.2) is 15.5 Å². The summed E-state index contributed by atoms with van der Waals surface area (Å²) in [7, 11) is 0. The van der Waals surface area contributed by atoms with Gasteiger partial charge in [-0.2, -0.15) is 0 Å². The molecule has 22 heavy (non-hydrogen) atoms. The number of fused-ring (bicyclic) bond motifs is 3. The lowest BCUT2D eigenvalue weighted by molar-refractivity contribution is -0.0836. The molecule has 116 valence electrons. The highest BCUT2D eigenvalue weighted by atomic mass is 19.3. The van der Waals surface area contributed by atoms with Gasteiger partial charge >= 0.3 is 0 Å². The number of imidazole rings is 1. The fourth-order valence-electron chi connectivity index (χ4n) is 4.09. The van der Waals surface area contributed by atoms with Crippen molar-refractivity contribution in [1.82, 2.24) is 9.55 Å². The number of hydrogen-bond donors (Lipinski definition) is 0. The van der Waals surface area contributed by atoms with E-state index in [1.807, 2.05) is 28.8 Å². The first-order valence-electron chi connectivity index (χ1n) is 8.16. The molecule has 2 heterocycles. The first kappa shape index (κ1) is 13.9. The highest BCUT2D eigenvalue weighted by Crippen LogP contribution is 2.47. The van der Waals surface area contributed by atoms with Crippen LogP contribution in [0.1, 0.15) is 50.1 Å². The van der Waals surface area contributed by atoms with E-state index in [9.17, 15) is 8.78 Å². The third-order valence-corrected chi connectivity index (χ3v) is 5.27. The van der Waals surface area contributed by atoms with Crippen LogP contribution in [0.15, 0.2) is 36.8 Å². The number of alkyl halides is 2. The van der Waals surface area contributed by atoms with Gasteiger partial charge in [0.15, 0.2) is 0 Å². The van der Waals surface area contributed by atoms with Crippen LogP contribution in [-0.2, 0) is 0 Å². The SMILES string of the molecule is FC(F)(CC1c2ccccc2-c2cncn21)C1CCCCC1. The normalized spacial score (nSPS) is 21.6. The Hall–Kier alpha value is -1.71. The Bertz CT molecular complexity index is 671. The lowest BCUT2D eigenvalue weighted by Gasteiger charge is -2.32. The zero-order chi connectivity index (χ0) is 15.2. The van der Waals surface area contributed by atoms with E-state index in [1.54, 1.807) is 12.5 Å². The molecule has 0 amide bonds. The molecule has 2 aliphatic rings. The Balaban J connectivity index is 1.65. The van der Waals surface area contributed by atoms with Crippen molar-refractivity contribution in [3.63, 3.8) is 0 Å². The van der Waals surface area contributed by atoms with Gasteiger partial charge in [-0.25, -0.2) is 13.8 Å². The van der Waals surface area contributed by atoms with Crippen molar-refractivity contribution in [2.75, 3.05) is 0 Å².